The number of benzene rings is 1. The minimum absolute atomic E-state index is 0.105. The van der Waals surface area contributed by atoms with Crippen molar-refractivity contribution in [3.05, 3.63) is 66.2 Å². The van der Waals surface area contributed by atoms with Crippen molar-refractivity contribution < 1.29 is 9.59 Å². The molecule has 0 atom stereocenters. The molecule has 0 radical (unpaired) electrons. The number of fused-ring (bicyclic) bond motifs is 1. The first kappa shape index (κ1) is 20.7. The van der Waals surface area contributed by atoms with E-state index in [-0.39, 0.29) is 30.1 Å². The van der Waals surface area contributed by atoms with E-state index in [2.05, 4.69) is 20.4 Å². The molecule has 0 saturated heterocycles. The number of nitrogens with one attached hydrogen (secondary N) is 1. The SMILES string of the molecule is CN(CCC#N)C(=O)c1cnn(C)c1C(=O)Nc1ccn2cc(-c3ccccc3)nc2n1. The van der Waals surface area contributed by atoms with Gasteiger partial charge in [-0.3, -0.25) is 18.7 Å². The van der Waals surface area contributed by atoms with Gasteiger partial charge in [0, 0.05) is 38.6 Å². The van der Waals surface area contributed by atoms with E-state index in [0.29, 0.717) is 11.6 Å². The van der Waals surface area contributed by atoms with Crippen molar-refractivity contribution in [2.24, 2.45) is 7.05 Å². The first-order valence-corrected chi connectivity index (χ1v) is 9.85. The van der Waals surface area contributed by atoms with Gasteiger partial charge < -0.3 is 10.2 Å². The molecule has 0 aliphatic rings. The van der Waals surface area contributed by atoms with Crippen molar-refractivity contribution in [3.63, 3.8) is 0 Å². The minimum Gasteiger partial charge on any atom is -0.341 e. The predicted molar refractivity (Wildman–Crippen MR) is 117 cm³/mol. The Morgan fingerprint density at radius 3 is 2.72 bits per heavy atom. The highest BCUT2D eigenvalue weighted by molar-refractivity contribution is 6.10. The van der Waals surface area contributed by atoms with Crippen LogP contribution in [0.5, 0.6) is 0 Å². The number of hydrogen-bond acceptors (Lipinski definition) is 6. The van der Waals surface area contributed by atoms with Crippen molar-refractivity contribution in [3.8, 4) is 17.3 Å². The number of aromatic nitrogens is 5. The van der Waals surface area contributed by atoms with Gasteiger partial charge in [0.05, 0.1) is 29.9 Å². The van der Waals surface area contributed by atoms with E-state index in [1.165, 1.54) is 15.8 Å². The third kappa shape index (κ3) is 4.04. The second kappa shape index (κ2) is 8.69. The topological polar surface area (TPSA) is 121 Å². The van der Waals surface area contributed by atoms with E-state index in [1.54, 1.807) is 30.8 Å². The quantitative estimate of drug-likeness (QED) is 0.503. The van der Waals surface area contributed by atoms with Crippen LogP contribution in [0.25, 0.3) is 17.0 Å². The van der Waals surface area contributed by atoms with Gasteiger partial charge in [0.2, 0.25) is 5.78 Å². The summed E-state index contributed by atoms with van der Waals surface area (Å²) < 4.78 is 3.10. The summed E-state index contributed by atoms with van der Waals surface area (Å²) in [5, 5.41) is 15.5. The minimum atomic E-state index is -0.520. The van der Waals surface area contributed by atoms with Gasteiger partial charge in [0.25, 0.3) is 11.8 Å². The molecule has 2 amide bonds. The van der Waals surface area contributed by atoms with Crippen LogP contribution in [0.4, 0.5) is 5.82 Å². The first-order valence-electron chi connectivity index (χ1n) is 9.85. The molecule has 3 aromatic heterocycles. The molecule has 1 N–H and O–H groups in total. The molecule has 0 aliphatic carbocycles. The lowest BCUT2D eigenvalue weighted by molar-refractivity contribution is 0.0792. The van der Waals surface area contributed by atoms with Gasteiger partial charge in [0.15, 0.2) is 0 Å². The molecule has 0 bridgehead atoms. The van der Waals surface area contributed by atoms with Gasteiger partial charge in [-0.2, -0.15) is 15.3 Å². The van der Waals surface area contributed by atoms with Crippen molar-refractivity contribution in [1.82, 2.24) is 29.0 Å². The molecular formula is C22H20N8O2. The molecular weight excluding hydrogens is 408 g/mol. The molecule has 160 valence electrons. The van der Waals surface area contributed by atoms with Gasteiger partial charge in [-0.25, -0.2) is 4.98 Å². The summed E-state index contributed by atoms with van der Waals surface area (Å²) in [6, 6.07) is 13.4. The largest absolute Gasteiger partial charge is 0.341 e. The highest BCUT2D eigenvalue weighted by Gasteiger charge is 2.24. The van der Waals surface area contributed by atoms with E-state index >= 15 is 0 Å². The Labute approximate surface area is 183 Å². The fraction of sp³-hybridized carbons (Fsp3) is 0.182. The fourth-order valence-corrected chi connectivity index (χ4v) is 3.25. The number of carbonyl (C=O) groups excluding carboxylic acids is 2. The summed E-state index contributed by atoms with van der Waals surface area (Å²) in [5.41, 5.74) is 1.98. The zero-order valence-electron chi connectivity index (χ0n) is 17.6. The second-order valence-corrected chi connectivity index (χ2v) is 7.13. The third-order valence-electron chi connectivity index (χ3n) is 4.93. The van der Waals surface area contributed by atoms with Crippen LogP contribution in [-0.2, 0) is 7.05 Å². The van der Waals surface area contributed by atoms with Crippen LogP contribution in [0.1, 0.15) is 27.3 Å². The summed E-state index contributed by atoms with van der Waals surface area (Å²) in [5.74, 6) is -0.180. The summed E-state index contributed by atoms with van der Waals surface area (Å²) in [6.45, 7) is 0.257. The number of aryl methyl sites for hydroxylation is 1. The highest BCUT2D eigenvalue weighted by Crippen LogP contribution is 2.19. The maximum absolute atomic E-state index is 13.0. The Morgan fingerprint density at radius 2 is 1.97 bits per heavy atom. The second-order valence-electron chi connectivity index (χ2n) is 7.13. The Kier molecular flexibility index (Phi) is 5.63. The molecule has 10 heteroatoms. The standard InChI is InChI=1S/C22H20N8O2/c1-28(11-6-10-23)21(32)16-13-24-29(2)19(16)20(31)26-18-9-12-30-14-17(25-22(30)27-18)15-7-4-3-5-8-15/h3-5,7-9,12-14H,6,11H2,1-2H3,(H,25,26,27,31). The molecule has 4 aromatic rings. The lowest BCUT2D eigenvalue weighted by Crippen LogP contribution is -2.30. The number of carbonyl (C=O) groups is 2. The summed E-state index contributed by atoms with van der Waals surface area (Å²) in [7, 11) is 3.16. The fourth-order valence-electron chi connectivity index (χ4n) is 3.25. The predicted octanol–water partition coefficient (Wildman–Crippen LogP) is 2.37. The Balaban J connectivity index is 1.57. The first-order chi connectivity index (χ1) is 15.5. The van der Waals surface area contributed by atoms with E-state index in [1.807, 2.05) is 42.6 Å². The molecule has 1 aromatic carbocycles. The Bertz CT molecular complexity index is 1330. The van der Waals surface area contributed by atoms with Crippen molar-refractivity contribution in [2.45, 2.75) is 6.42 Å². The number of amides is 2. The average molecular weight is 428 g/mol. The van der Waals surface area contributed by atoms with Crippen molar-refractivity contribution >= 4 is 23.4 Å². The number of imidazole rings is 1. The van der Waals surface area contributed by atoms with Crippen LogP contribution in [0.3, 0.4) is 0 Å². The van der Waals surface area contributed by atoms with Crippen LogP contribution in [0.2, 0.25) is 0 Å². The van der Waals surface area contributed by atoms with Crippen LogP contribution < -0.4 is 5.32 Å². The lowest BCUT2D eigenvalue weighted by Gasteiger charge is -2.15. The molecule has 0 spiro atoms. The summed E-state index contributed by atoms with van der Waals surface area (Å²) >= 11 is 0. The molecule has 0 fully saturated rings. The van der Waals surface area contributed by atoms with E-state index in [9.17, 15) is 9.59 Å². The van der Waals surface area contributed by atoms with Crippen molar-refractivity contribution in [1.29, 1.82) is 5.26 Å². The van der Waals surface area contributed by atoms with Gasteiger partial charge >= 0.3 is 0 Å². The monoisotopic (exact) mass is 428 g/mol. The number of rotatable bonds is 6. The van der Waals surface area contributed by atoms with Crippen LogP contribution in [-0.4, -0.2) is 54.5 Å². The lowest BCUT2D eigenvalue weighted by atomic mass is 10.2. The van der Waals surface area contributed by atoms with Crippen LogP contribution in [0, 0.1) is 11.3 Å². The highest BCUT2D eigenvalue weighted by atomic mass is 16.2. The smallest absolute Gasteiger partial charge is 0.275 e. The van der Waals surface area contributed by atoms with E-state index < -0.39 is 5.91 Å². The molecule has 0 saturated carbocycles. The molecule has 10 nitrogen and oxygen atoms in total. The van der Waals surface area contributed by atoms with Gasteiger partial charge in [-0.05, 0) is 6.07 Å². The maximum Gasteiger partial charge on any atom is 0.275 e. The van der Waals surface area contributed by atoms with Gasteiger partial charge in [0.1, 0.15) is 11.5 Å². The van der Waals surface area contributed by atoms with Gasteiger partial charge in [-0.1, -0.05) is 30.3 Å². The maximum atomic E-state index is 13.0. The zero-order chi connectivity index (χ0) is 22.7. The molecule has 3 heterocycles. The molecule has 4 rings (SSSR count). The van der Waals surface area contributed by atoms with E-state index in [0.717, 1.165) is 11.3 Å². The zero-order valence-corrected chi connectivity index (χ0v) is 17.6. The number of nitriles is 1. The molecule has 0 unspecified atom stereocenters. The number of anilines is 1. The number of nitrogens with zero attached hydrogens (tertiary/aromatic N) is 7. The van der Waals surface area contributed by atoms with Crippen LogP contribution >= 0.6 is 0 Å². The summed E-state index contributed by atoms with van der Waals surface area (Å²) in [6.07, 6.45) is 5.15. The average Bonchev–Trinajstić information content (AvgIpc) is 3.40. The molecule has 32 heavy (non-hydrogen) atoms. The number of hydrogen-bond donors (Lipinski definition) is 1. The van der Waals surface area contributed by atoms with E-state index in [4.69, 9.17) is 5.26 Å². The molecule has 0 aliphatic heterocycles. The normalized spacial score (nSPS) is 10.7. The Hall–Kier alpha value is -4.52. The summed E-state index contributed by atoms with van der Waals surface area (Å²) in [4.78, 5) is 36.0. The Morgan fingerprint density at radius 1 is 1.19 bits per heavy atom. The van der Waals surface area contributed by atoms with Crippen LogP contribution in [0.15, 0.2) is 55.0 Å². The third-order valence-corrected chi connectivity index (χ3v) is 4.93. The van der Waals surface area contributed by atoms with Crippen molar-refractivity contribution in [2.75, 3.05) is 18.9 Å². The van der Waals surface area contributed by atoms with Gasteiger partial charge in [-0.15, -0.1) is 0 Å².